The zero-order chi connectivity index (χ0) is 15.9. The number of carbonyl (C=O) groups excluding carboxylic acids is 2. The molecule has 0 amide bonds. The largest absolute Gasteiger partial charge is 0.465 e. The highest BCUT2D eigenvalue weighted by atomic mass is 16.5. The average Bonchev–Trinajstić information content (AvgIpc) is 2.92. The number of esters is 2. The predicted octanol–water partition coefficient (Wildman–Crippen LogP) is 2.15. The van der Waals surface area contributed by atoms with E-state index < -0.39 is 0 Å². The summed E-state index contributed by atoms with van der Waals surface area (Å²) < 4.78 is 10.3. The number of benzene rings is 1. The summed E-state index contributed by atoms with van der Waals surface area (Å²) in [6.45, 7) is 4.80. The van der Waals surface area contributed by atoms with Crippen LogP contribution < -0.4 is 0 Å². The van der Waals surface area contributed by atoms with Gasteiger partial charge in [-0.1, -0.05) is 30.3 Å². The molecular formula is C17H23NO4. The van der Waals surface area contributed by atoms with Crippen LogP contribution in [-0.2, 0) is 25.6 Å². The number of ether oxygens (including phenoxy) is 2. The van der Waals surface area contributed by atoms with E-state index in [4.69, 9.17) is 9.47 Å². The standard InChI is InChI=1S/C17H23NO4/c1-3-21-16(19)14-10-11-15(17(20)22-4-2)18(14)12-13-8-6-5-7-9-13/h5-9,14-15H,3-4,10-12H2,1-2H3/t14-,15-/m0/s1. The number of rotatable bonds is 6. The van der Waals surface area contributed by atoms with Gasteiger partial charge in [-0.2, -0.15) is 0 Å². The fraction of sp³-hybridized carbons (Fsp3) is 0.529. The lowest BCUT2D eigenvalue weighted by Gasteiger charge is -2.27. The van der Waals surface area contributed by atoms with E-state index in [9.17, 15) is 9.59 Å². The lowest BCUT2D eigenvalue weighted by atomic mass is 10.2. The van der Waals surface area contributed by atoms with Crippen molar-refractivity contribution in [2.75, 3.05) is 13.2 Å². The van der Waals surface area contributed by atoms with E-state index in [0.29, 0.717) is 32.6 Å². The molecule has 1 heterocycles. The quantitative estimate of drug-likeness (QED) is 0.754. The molecule has 1 saturated heterocycles. The molecule has 0 aromatic heterocycles. The highest BCUT2D eigenvalue weighted by molar-refractivity contribution is 5.81. The van der Waals surface area contributed by atoms with Gasteiger partial charge in [0.25, 0.3) is 0 Å². The first kappa shape index (κ1) is 16.5. The maximum Gasteiger partial charge on any atom is 0.323 e. The van der Waals surface area contributed by atoms with Crippen LogP contribution in [0.4, 0.5) is 0 Å². The molecule has 2 rings (SSSR count). The van der Waals surface area contributed by atoms with Gasteiger partial charge in [-0.3, -0.25) is 14.5 Å². The lowest BCUT2D eigenvalue weighted by Crippen LogP contribution is -2.44. The third-order valence-electron chi connectivity index (χ3n) is 3.84. The molecular weight excluding hydrogens is 282 g/mol. The second-order valence-electron chi connectivity index (χ2n) is 5.27. The molecule has 0 bridgehead atoms. The van der Waals surface area contributed by atoms with E-state index in [2.05, 4.69) is 0 Å². The van der Waals surface area contributed by atoms with Gasteiger partial charge in [-0.25, -0.2) is 0 Å². The van der Waals surface area contributed by atoms with Gasteiger partial charge < -0.3 is 9.47 Å². The van der Waals surface area contributed by atoms with Crippen molar-refractivity contribution in [3.8, 4) is 0 Å². The first-order chi connectivity index (χ1) is 10.7. The fourth-order valence-electron chi connectivity index (χ4n) is 2.86. The molecule has 1 aliphatic rings. The summed E-state index contributed by atoms with van der Waals surface area (Å²) in [5.41, 5.74) is 1.06. The minimum atomic E-state index is -0.380. The second-order valence-corrected chi connectivity index (χ2v) is 5.27. The number of hydrogen-bond donors (Lipinski definition) is 0. The molecule has 0 saturated carbocycles. The van der Waals surface area contributed by atoms with Crippen LogP contribution in [0.5, 0.6) is 0 Å². The van der Waals surface area contributed by atoms with Crippen LogP contribution in [0.3, 0.4) is 0 Å². The summed E-state index contributed by atoms with van der Waals surface area (Å²) in [6, 6.07) is 9.06. The minimum absolute atomic E-state index is 0.259. The molecule has 2 atom stereocenters. The van der Waals surface area contributed by atoms with Crippen LogP contribution in [0, 0.1) is 0 Å². The zero-order valence-corrected chi connectivity index (χ0v) is 13.2. The second kappa shape index (κ2) is 7.94. The van der Waals surface area contributed by atoms with Crippen molar-refractivity contribution in [3.63, 3.8) is 0 Å². The molecule has 1 aliphatic heterocycles. The Bertz CT molecular complexity index is 477. The Morgan fingerprint density at radius 2 is 1.50 bits per heavy atom. The van der Waals surface area contributed by atoms with Gasteiger partial charge in [0.1, 0.15) is 12.1 Å². The molecule has 0 unspecified atom stereocenters. The first-order valence-electron chi connectivity index (χ1n) is 7.80. The van der Waals surface area contributed by atoms with E-state index >= 15 is 0 Å². The zero-order valence-electron chi connectivity index (χ0n) is 13.2. The summed E-state index contributed by atoms with van der Waals surface area (Å²) in [7, 11) is 0. The van der Waals surface area contributed by atoms with Gasteiger partial charge in [0.2, 0.25) is 0 Å². The molecule has 120 valence electrons. The lowest BCUT2D eigenvalue weighted by molar-refractivity contribution is -0.153. The smallest absolute Gasteiger partial charge is 0.323 e. The molecule has 0 spiro atoms. The van der Waals surface area contributed by atoms with Crippen molar-refractivity contribution >= 4 is 11.9 Å². The van der Waals surface area contributed by atoms with E-state index in [-0.39, 0.29) is 24.0 Å². The molecule has 0 aliphatic carbocycles. The van der Waals surface area contributed by atoms with Crippen molar-refractivity contribution in [2.45, 2.75) is 45.3 Å². The Morgan fingerprint density at radius 3 is 1.95 bits per heavy atom. The van der Waals surface area contributed by atoms with Crippen LogP contribution in [0.25, 0.3) is 0 Å². The molecule has 0 radical (unpaired) electrons. The van der Waals surface area contributed by atoms with Crippen molar-refractivity contribution < 1.29 is 19.1 Å². The maximum atomic E-state index is 12.2. The van der Waals surface area contributed by atoms with Crippen LogP contribution in [0.1, 0.15) is 32.3 Å². The SMILES string of the molecule is CCOC(=O)[C@@H]1CC[C@@H](C(=O)OCC)N1Cc1ccccc1. The maximum absolute atomic E-state index is 12.2. The summed E-state index contributed by atoms with van der Waals surface area (Å²) in [5.74, 6) is -0.518. The Hall–Kier alpha value is -1.88. The van der Waals surface area contributed by atoms with Gasteiger partial charge in [0.05, 0.1) is 13.2 Å². The molecule has 0 N–H and O–H groups in total. The van der Waals surface area contributed by atoms with E-state index in [1.807, 2.05) is 35.2 Å². The monoisotopic (exact) mass is 305 g/mol. The summed E-state index contributed by atoms with van der Waals surface area (Å²) in [4.78, 5) is 26.2. The normalized spacial score (nSPS) is 21.5. The Labute approximate surface area is 131 Å². The van der Waals surface area contributed by atoms with Gasteiger partial charge in [-0.05, 0) is 32.3 Å². The van der Waals surface area contributed by atoms with Crippen molar-refractivity contribution in [1.82, 2.24) is 4.90 Å². The molecule has 1 aromatic carbocycles. The van der Waals surface area contributed by atoms with Crippen LogP contribution in [-0.4, -0.2) is 42.1 Å². The third-order valence-corrected chi connectivity index (χ3v) is 3.84. The van der Waals surface area contributed by atoms with Crippen molar-refractivity contribution in [1.29, 1.82) is 0 Å². The van der Waals surface area contributed by atoms with Crippen LogP contribution in [0.2, 0.25) is 0 Å². The number of nitrogens with zero attached hydrogens (tertiary/aromatic N) is 1. The molecule has 1 fully saturated rings. The number of likely N-dealkylation sites (tertiary alicyclic amines) is 1. The van der Waals surface area contributed by atoms with E-state index in [0.717, 1.165) is 5.56 Å². The van der Waals surface area contributed by atoms with E-state index in [1.165, 1.54) is 0 Å². The minimum Gasteiger partial charge on any atom is -0.465 e. The summed E-state index contributed by atoms with van der Waals surface area (Å²) in [6.07, 6.45) is 1.24. The highest BCUT2D eigenvalue weighted by Gasteiger charge is 2.42. The molecule has 5 nitrogen and oxygen atoms in total. The number of carbonyl (C=O) groups is 2. The van der Waals surface area contributed by atoms with Crippen molar-refractivity contribution in [2.24, 2.45) is 0 Å². The summed E-state index contributed by atoms with van der Waals surface area (Å²) >= 11 is 0. The Kier molecular flexibility index (Phi) is 5.95. The van der Waals surface area contributed by atoms with Crippen LogP contribution in [0.15, 0.2) is 30.3 Å². The Morgan fingerprint density at radius 1 is 1.00 bits per heavy atom. The Balaban J connectivity index is 2.17. The average molecular weight is 305 g/mol. The highest BCUT2D eigenvalue weighted by Crippen LogP contribution is 2.28. The van der Waals surface area contributed by atoms with Gasteiger partial charge in [0, 0.05) is 6.54 Å². The van der Waals surface area contributed by atoms with Crippen LogP contribution >= 0.6 is 0 Å². The molecule has 5 heteroatoms. The topological polar surface area (TPSA) is 55.8 Å². The van der Waals surface area contributed by atoms with Gasteiger partial charge in [-0.15, -0.1) is 0 Å². The predicted molar refractivity (Wildman–Crippen MR) is 82.1 cm³/mol. The third kappa shape index (κ3) is 3.85. The van der Waals surface area contributed by atoms with Gasteiger partial charge in [0.15, 0.2) is 0 Å². The molecule has 22 heavy (non-hydrogen) atoms. The van der Waals surface area contributed by atoms with Gasteiger partial charge >= 0.3 is 11.9 Å². The van der Waals surface area contributed by atoms with E-state index in [1.54, 1.807) is 13.8 Å². The summed E-state index contributed by atoms with van der Waals surface area (Å²) in [5, 5.41) is 0. The van der Waals surface area contributed by atoms with Crippen molar-refractivity contribution in [3.05, 3.63) is 35.9 Å². The number of hydrogen-bond acceptors (Lipinski definition) is 5. The fourth-order valence-corrected chi connectivity index (χ4v) is 2.86. The molecule has 1 aromatic rings. The first-order valence-corrected chi connectivity index (χ1v) is 7.80.